The van der Waals surface area contributed by atoms with Crippen LogP contribution in [0, 0.1) is 5.92 Å². The summed E-state index contributed by atoms with van der Waals surface area (Å²) in [6, 6.07) is 7.37. The van der Waals surface area contributed by atoms with Crippen molar-refractivity contribution in [2.24, 2.45) is 11.7 Å². The largest absolute Gasteiger partial charge is 0.327 e. The van der Waals surface area contributed by atoms with Crippen LogP contribution in [-0.2, 0) is 4.79 Å². The minimum atomic E-state index is -0.124. The van der Waals surface area contributed by atoms with Crippen molar-refractivity contribution in [1.82, 2.24) is 20.2 Å². The van der Waals surface area contributed by atoms with Crippen molar-refractivity contribution in [3.05, 3.63) is 30.6 Å². The molecule has 1 aliphatic rings. The van der Waals surface area contributed by atoms with Crippen molar-refractivity contribution in [2.45, 2.75) is 31.7 Å². The molecule has 0 radical (unpaired) electrons. The van der Waals surface area contributed by atoms with Crippen LogP contribution in [0.1, 0.15) is 25.7 Å². The maximum absolute atomic E-state index is 12.4. The van der Waals surface area contributed by atoms with Gasteiger partial charge in [0.05, 0.1) is 17.3 Å². The van der Waals surface area contributed by atoms with E-state index in [0.29, 0.717) is 5.69 Å². The summed E-state index contributed by atoms with van der Waals surface area (Å²) in [7, 11) is 0. The number of amides is 1. The number of hydrogen-bond acceptors (Lipinski definition) is 5. The van der Waals surface area contributed by atoms with Crippen molar-refractivity contribution in [1.29, 1.82) is 0 Å². The second-order valence-electron chi connectivity index (χ2n) is 5.32. The number of anilines is 1. The van der Waals surface area contributed by atoms with E-state index >= 15 is 0 Å². The molecular formula is C14H18N6O. The Morgan fingerprint density at radius 1 is 1.29 bits per heavy atom. The molecule has 3 rings (SSSR count). The molecule has 0 bridgehead atoms. The van der Waals surface area contributed by atoms with E-state index in [0.717, 1.165) is 31.4 Å². The first-order valence-electron chi connectivity index (χ1n) is 7.14. The van der Waals surface area contributed by atoms with E-state index in [9.17, 15) is 4.79 Å². The highest BCUT2D eigenvalue weighted by Gasteiger charge is 2.28. The van der Waals surface area contributed by atoms with Crippen LogP contribution in [0.25, 0.3) is 5.69 Å². The molecule has 7 nitrogen and oxygen atoms in total. The van der Waals surface area contributed by atoms with Gasteiger partial charge in [-0.1, -0.05) is 25.0 Å². The van der Waals surface area contributed by atoms with Gasteiger partial charge < -0.3 is 11.1 Å². The van der Waals surface area contributed by atoms with Gasteiger partial charge in [0.25, 0.3) is 0 Å². The van der Waals surface area contributed by atoms with Crippen LogP contribution < -0.4 is 11.1 Å². The number of rotatable bonds is 3. The molecule has 2 atom stereocenters. The van der Waals surface area contributed by atoms with Crippen LogP contribution in [0.15, 0.2) is 30.6 Å². The van der Waals surface area contributed by atoms with Gasteiger partial charge in [0.1, 0.15) is 6.33 Å². The Balaban J connectivity index is 1.80. The molecule has 21 heavy (non-hydrogen) atoms. The number of hydrogen-bond donors (Lipinski definition) is 2. The molecule has 1 aromatic carbocycles. The molecule has 2 unspecified atom stereocenters. The molecule has 0 spiro atoms. The van der Waals surface area contributed by atoms with Gasteiger partial charge in [-0.2, -0.15) is 4.68 Å². The Morgan fingerprint density at radius 2 is 2.10 bits per heavy atom. The molecular weight excluding hydrogens is 268 g/mol. The number of nitrogens with two attached hydrogens (primary N) is 1. The van der Waals surface area contributed by atoms with Gasteiger partial charge >= 0.3 is 0 Å². The Labute approximate surface area is 122 Å². The van der Waals surface area contributed by atoms with E-state index in [2.05, 4.69) is 20.8 Å². The van der Waals surface area contributed by atoms with Crippen LogP contribution >= 0.6 is 0 Å². The van der Waals surface area contributed by atoms with Crippen LogP contribution in [0.2, 0.25) is 0 Å². The van der Waals surface area contributed by atoms with E-state index in [4.69, 9.17) is 5.73 Å². The molecule has 7 heteroatoms. The predicted octanol–water partition coefficient (Wildman–Crippen LogP) is 1.12. The van der Waals surface area contributed by atoms with Crippen molar-refractivity contribution in [3.63, 3.8) is 0 Å². The standard InChI is InChI=1S/C14H18N6O/c15-11-6-2-1-5-10(11)14(21)17-12-7-3-4-8-13(12)20-9-16-18-19-20/h3-4,7-11H,1-2,5-6,15H2,(H,17,21). The summed E-state index contributed by atoms with van der Waals surface area (Å²) in [5.74, 6) is -0.150. The zero-order valence-electron chi connectivity index (χ0n) is 11.6. The summed E-state index contributed by atoms with van der Waals surface area (Å²) < 4.78 is 1.52. The normalized spacial score (nSPS) is 22.0. The fourth-order valence-electron chi connectivity index (χ4n) is 2.76. The molecule has 0 aliphatic heterocycles. The Kier molecular flexibility index (Phi) is 3.92. The molecule has 1 aromatic heterocycles. The number of carbonyl (C=O) groups is 1. The third kappa shape index (κ3) is 2.92. The average molecular weight is 286 g/mol. The second kappa shape index (κ2) is 6.01. The molecule has 1 amide bonds. The molecule has 3 N–H and O–H groups in total. The van der Waals surface area contributed by atoms with Gasteiger partial charge in [0, 0.05) is 6.04 Å². The van der Waals surface area contributed by atoms with Gasteiger partial charge in [-0.25, -0.2) is 0 Å². The Bertz CT molecular complexity index is 612. The minimum absolute atomic E-state index is 0.0253. The fraction of sp³-hybridized carbons (Fsp3) is 0.429. The highest BCUT2D eigenvalue weighted by atomic mass is 16.1. The van der Waals surface area contributed by atoms with Gasteiger partial charge in [-0.3, -0.25) is 4.79 Å². The number of carbonyl (C=O) groups excluding carboxylic acids is 1. The number of aromatic nitrogens is 4. The van der Waals surface area contributed by atoms with E-state index in [1.54, 1.807) is 0 Å². The van der Waals surface area contributed by atoms with Crippen molar-refractivity contribution in [3.8, 4) is 5.69 Å². The van der Waals surface area contributed by atoms with Crippen molar-refractivity contribution in [2.75, 3.05) is 5.32 Å². The molecule has 1 fully saturated rings. The van der Waals surface area contributed by atoms with Crippen molar-refractivity contribution >= 4 is 11.6 Å². The SMILES string of the molecule is NC1CCCCC1C(=O)Nc1ccccc1-n1cnnn1. The summed E-state index contributed by atoms with van der Waals surface area (Å²) in [6.07, 6.45) is 5.41. The van der Waals surface area contributed by atoms with Crippen LogP contribution in [0.5, 0.6) is 0 Å². The monoisotopic (exact) mass is 286 g/mol. The fourth-order valence-corrected chi connectivity index (χ4v) is 2.76. The smallest absolute Gasteiger partial charge is 0.229 e. The maximum atomic E-state index is 12.4. The van der Waals surface area contributed by atoms with E-state index in [-0.39, 0.29) is 17.9 Å². The second-order valence-corrected chi connectivity index (χ2v) is 5.32. The first-order chi connectivity index (χ1) is 10.3. The van der Waals surface area contributed by atoms with E-state index < -0.39 is 0 Å². The lowest BCUT2D eigenvalue weighted by Gasteiger charge is -2.27. The van der Waals surface area contributed by atoms with Gasteiger partial charge in [-0.15, -0.1) is 5.10 Å². The summed E-state index contributed by atoms with van der Waals surface area (Å²) in [5.41, 5.74) is 7.49. The predicted molar refractivity (Wildman–Crippen MR) is 77.7 cm³/mol. The molecule has 0 saturated heterocycles. The number of para-hydroxylation sites is 2. The summed E-state index contributed by atoms with van der Waals surface area (Å²) in [5, 5.41) is 14.1. The lowest BCUT2D eigenvalue weighted by Crippen LogP contribution is -2.40. The maximum Gasteiger partial charge on any atom is 0.229 e. The van der Waals surface area contributed by atoms with Crippen molar-refractivity contribution < 1.29 is 4.79 Å². The van der Waals surface area contributed by atoms with Gasteiger partial charge in [-0.05, 0) is 35.4 Å². The molecule has 1 heterocycles. The van der Waals surface area contributed by atoms with Crippen LogP contribution in [0.4, 0.5) is 5.69 Å². The third-order valence-electron chi connectivity index (χ3n) is 3.91. The highest BCUT2D eigenvalue weighted by molar-refractivity contribution is 5.94. The average Bonchev–Trinajstić information content (AvgIpc) is 3.02. The third-order valence-corrected chi connectivity index (χ3v) is 3.91. The summed E-state index contributed by atoms with van der Waals surface area (Å²) >= 11 is 0. The molecule has 110 valence electrons. The van der Waals surface area contributed by atoms with Crippen LogP contribution in [-0.4, -0.2) is 32.2 Å². The molecule has 1 aliphatic carbocycles. The van der Waals surface area contributed by atoms with Gasteiger partial charge in [0.15, 0.2) is 0 Å². The molecule has 1 saturated carbocycles. The highest BCUT2D eigenvalue weighted by Crippen LogP contribution is 2.26. The zero-order valence-corrected chi connectivity index (χ0v) is 11.6. The Hall–Kier alpha value is -2.28. The van der Waals surface area contributed by atoms with Crippen LogP contribution in [0.3, 0.4) is 0 Å². The Morgan fingerprint density at radius 3 is 2.86 bits per heavy atom. The summed E-state index contributed by atoms with van der Waals surface area (Å²) in [6.45, 7) is 0. The number of nitrogens with one attached hydrogen (secondary N) is 1. The first-order valence-corrected chi connectivity index (χ1v) is 7.14. The lowest BCUT2D eigenvalue weighted by molar-refractivity contribution is -0.121. The topological polar surface area (TPSA) is 98.7 Å². The lowest BCUT2D eigenvalue weighted by atomic mass is 9.84. The summed E-state index contributed by atoms with van der Waals surface area (Å²) in [4.78, 5) is 12.4. The quantitative estimate of drug-likeness (QED) is 0.881. The minimum Gasteiger partial charge on any atom is -0.327 e. The van der Waals surface area contributed by atoms with Gasteiger partial charge in [0.2, 0.25) is 5.91 Å². The first kappa shape index (κ1) is 13.7. The molecule has 2 aromatic rings. The number of tetrazole rings is 1. The zero-order chi connectivity index (χ0) is 14.7. The van der Waals surface area contributed by atoms with E-state index in [1.165, 1.54) is 11.0 Å². The number of nitrogens with zero attached hydrogens (tertiary/aromatic N) is 4. The number of benzene rings is 1. The van der Waals surface area contributed by atoms with E-state index in [1.807, 2.05) is 24.3 Å².